The Morgan fingerprint density at radius 2 is 1.91 bits per heavy atom. The molecule has 60 valence electrons. The van der Waals surface area contributed by atoms with Crippen LogP contribution in [0.3, 0.4) is 0 Å². The molecule has 0 spiro atoms. The molecule has 0 aliphatic rings. The van der Waals surface area contributed by atoms with Crippen molar-refractivity contribution >= 4 is 15.9 Å². The van der Waals surface area contributed by atoms with Gasteiger partial charge in [-0.05, 0) is 13.8 Å². The monoisotopic (exact) mass is 188 g/mol. The van der Waals surface area contributed by atoms with Gasteiger partial charge in [-0.25, -0.2) is 8.42 Å². The molecule has 0 saturated carbocycles. The van der Waals surface area contributed by atoms with Gasteiger partial charge >= 0.3 is 29.6 Å². The molecule has 0 rings (SSSR count). The molecule has 0 fully saturated rings. The van der Waals surface area contributed by atoms with Crippen LogP contribution in [-0.2, 0) is 14.9 Å². The van der Waals surface area contributed by atoms with E-state index in [2.05, 4.69) is 0 Å². The first kappa shape index (κ1) is 14.1. The second-order valence-electron chi connectivity index (χ2n) is 2.21. The number of carbonyl (C=O) groups is 1. The van der Waals surface area contributed by atoms with Crippen molar-refractivity contribution in [2.75, 3.05) is 0 Å². The van der Waals surface area contributed by atoms with Crippen molar-refractivity contribution in [2.24, 2.45) is 0 Å². The molecule has 0 bridgehead atoms. The minimum Gasteiger partial charge on any atom is -0.748 e. The van der Waals surface area contributed by atoms with Crippen molar-refractivity contribution < 1.29 is 47.3 Å². The van der Waals surface area contributed by atoms with Crippen LogP contribution in [0.2, 0.25) is 0 Å². The molecule has 0 N–H and O–H groups in total. The van der Waals surface area contributed by atoms with E-state index in [1.807, 2.05) is 0 Å². The van der Waals surface area contributed by atoms with E-state index >= 15 is 0 Å². The maximum absolute atomic E-state index is 10.3. The Hall–Kier alpha value is 0.580. The number of hydrogen-bond donors (Lipinski definition) is 0. The molecule has 0 aromatic rings. The van der Waals surface area contributed by atoms with Gasteiger partial charge in [-0.2, -0.15) is 0 Å². The topological polar surface area (TPSA) is 74.3 Å². The number of Topliss-reactive ketones (excluding diaryl/α,β-unsaturated/α-hetero) is 1. The molecule has 0 saturated heterocycles. The molecule has 0 radical (unpaired) electrons. The van der Waals surface area contributed by atoms with Gasteiger partial charge in [0.05, 0.1) is 15.4 Å². The summed E-state index contributed by atoms with van der Waals surface area (Å²) in [6.45, 7) is 2.48. The quantitative estimate of drug-likeness (QED) is 0.347. The standard InChI is InChI=1S/C5H10O4S.Na/c1-4(6)3-5(2)10(7,8)9;/h5H,3H2,1-2H3,(H,7,8,9);/q;+1/p-1. The van der Waals surface area contributed by atoms with E-state index in [0.29, 0.717) is 0 Å². The van der Waals surface area contributed by atoms with Gasteiger partial charge in [0, 0.05) is 6.42 Å². The van der Waals surface area contributed by atoms with E-state index in [4.69, 9.17) is 0 Å². The fourth-order valence-electron chi connectivity index (χ4n) is 0.507. The summed E-state index contributed by atoms with van der Waals surface area (Å²) in [7, 11) is -4.27. The molecule has 1 atom stereocenters. The molecule has 0 aliphatic carbocycles. The van der Waals surface area contributed by atoms with Crippen molar-refractivity contribution in [3.05, 3.63) is 0 Å². The molecule has 0 aromatic heterocycles. The summed E-state index contributed by atoms with van der Waals surface area (Å²) in [5.41, 5.74) is 0. The van der Waals surface area contributed by atoms with Crippen LogP contribution in [0.5, 0.6) is 0 Å². The Bertz CT molecular complexity index is 221. The Kier molecular flexibility index (Phi) is 6.76. The van der Waals surface area contributed by atoms with Crippen LogP contribution >= 0.6 is 0 Å². The second kappa shape index (κ2) is 5.27. The maximum atomic E-state index is 10.3. The number of hydrogen-bond acceptors (Lipinski definition) is 4. The molecule has 0 heterocycles. The van der Waals surface area contributed by atoms with Crippen LogP contribution in [-0.4, -0.2) is 24.0 Å². The van der Waals surface area contributed by atoms with E-state index in [9.17, 15) is 17.8 Å². The summed E-state index contributed by atoms with van der Waals surface area (Å²) in [6.07, 6.45) is -0.189. The van der Waals surface area contributed by atoms with E-state index < -0.39 is 15.4 Å². The Labute approximate surface area is 88.4 Å². The molecular weight excluding hydrogens is 179 g/mol. The zero-order valence-corrected chi connectivity index (χ0v) is 9.64. The van der Waals surface area contributed by atoms with Crippen molar-refractivity contribution in [3.63, 3.8) is 0 Å². The molecular formula is C5H9NaO4S. The van der Waals surface area contributed by atoms with Gasteiger partial charge < -0.3 is 4.55 Å². The van der Waals surface area contributed by atoms with Crippen LogP contribution in [0.1, 0.15) is 20.3 Å². The van der Waals surface area contributed by atoms with Crippen LogP contribution in [0, 0.1) is 0 Å². The van der Waals surface area contributed by atoms with Gasteiger partial charge in [-0.3, -0.25) is 4.79 Å². The fourth-order valence-corrected chi connectivity index (χ4v) is 0.946. The fraction of sp³-hybridized carbons (Fsp3) is 0.800. The van der Waals surface area contributed by atoms with Crippen molar-refractivity contribution in [2.45, 2.75) is 25.5 Å². The normalized spacial score (nSPS) is 13.4. The van der Waals surface area contributed by atoms with E-state index in [1.165, 1.54) is 13.8 Å². The first-order valence-corrected chi connectivity index (χ1v) is 4.25. The van der Waals surface area contributed by atoms with E-state index in [1.54, 1.807) is 0 Å². The van der Waals surface area contributed by atoms with Crippen molar-refractivity contribution in [3.8, 4) is 0 Å². The summed E-state index contributed by atoms with van der Waals surface area (Å²) >= 11 is 0. The summed E-state index contributed by atoms with van der Waals surface area (Å²) in [5.74, 6) is -0.285. The molecule has 0 aromatic carbocycles. The summed E-state index contributed by atoms with van der Waals surface area (Å²) in [5, 5.41) is -1.09. The largest absolute Gasteiger partial charge is 1.00 e. The van der Waals surface area contributed by atoms with E-state index in [0.717, 1.165) is 0 Å². The van der Waals surface area contributed by atoms with Gasteiger partial charge in [0.1, 0.15) is 5.78 Å². The zero-order chi connectivity index (χ0) is 8.36. The van der Waals surface area contributed by atoms with Crippen LogP contribution in [0.15, 0.2) is 0 Å². The zero-order valence-electron chi connectivity index (χ0n) is 6.83. The second-order valence-corrected chi connectivity index (χ2v) is 4.00. The summed E-state index contributed by atoms with van der Waals surface area (Å²) in [6, 6.07) is 0. The number of ketones is 1. The molecule has 0 aliphatic heterocycles. The van der Waals surface area contributed by atoms with Crippen LogP contribution in [0.4, 0.5) is 0 Å². The van der Waals surface area contributed by atoms with Crippen LogP contribution in [0.25, 0.3) is 0 Å². The molecule has 11 heavy (non-hydrogen) atoms. The Balaban J connectivity index is 0. The van der Waals surface area contributed by atoms with Gasteiger partial charge in [0.15, 0.2) is 0 Å². The average molecular weight is 188 g/mol. The Morgan fingerprint density at radius 3 is 2.00 bits per heavy atom. The first-order chi connectivity index (χ1) is 4.34. The third-order valence-electron chi connectivity index (χ3n) is 1.07. The minimum atomic E-state index is -4.27. The summed E-state index contributed by atoms with van der Waals surface area (Å²) < 4.78 is 30.5. The SMILES string of the molecule is CC(=O)CC(C)S(=O)(=O)[O-].[Na+]. The van der Waals surface area contributed by atoms with Crippen molar-refractivity contribution in [1.82, 2.24) is 0 Å². The Morgan fingerprint density at radius 1 is 1.55 bits per heavy atom. The molecule has 6 heteroatoms. The van der Waals surface area contributed by atoms with Gasteiger partial charge in [0.2, 0.25) is 0 Å². The van der Waals surface area contributed by atoms with Crippen molar-refractivity contribution in [1.29, 1.82) is 0 Å². The van der Waals surface area contributed by atoms with Crippen LogP contribution < -0.4 is 29.6 Å². The molecule has 4 nitrogen and oxygen atoms in total. The number of rotatable bonds is 3. The predicted molar refractivity (Wildman–Crippen MR) is 34.5 cm³/mol. The third-order valence-corrected chi connectivity index (χ3v) is 2.22. The van der Waals surface area contributed by atoms with Gasteiger partial charge in [-0.15, -0.1) is 0 Å². The predicted octanol–water partition coefficient (Wildman–Crippen LogP) is -3.10. The smallest absolute Gasteiger partial charge is 0.748 e. The van der Waals surface area contributed by atoms with E-state index in [-0.39, 0.29) is 41.8 Å². The third kappa shape index (κ3) is 6.96. The minimum absolute atomic E-state index is 0. The summed E-state index contributed by atoms with van der Waals surface area (Å²) in [4.78, 5) is 10.3. The van der Waals surface area contributed by atoms with Gasteiger partial charge in [0.25, 0.3) is 0 Å². The average Bonchev–Trinajstić information content (AvgIpc) is 1.60. The van der Waals surface area contributed by atoms with Gasteiger partial charge in [-0.1, -0.05) is 0 Å². The number of carbonyl (C=O) groups excluding carboxylic acids is 1. The molecule has 0 amide bonds. The molecule has 1 unspecified atom stereocenters. The first-order valence-electron chi connectivity index (χ1n) is 2.78. The maximum Gasteiger partial charge on any atom is 1.00 e.